The first-order valence-electron chi connectivity index (χ1n) is 6.75. The minimum Gasteiger partial charge on any atom is -0.482 e. The molecule has 4 nitrogen and oxygen atoms in total. The van der Waals surface area contributed by atoms with Crippen LogP contribution in [0.5, 0.6) is 5.75 Å². The second-order valence-electron chi connectivity index (χ2n) is 4.38. The molecule has 0 amide bonds. The highest BCUT2D eigenvalue weighted by Crippen LogP contribution is 2.22. The Balaban J connectivity index is 2.18. The van der Waals surface area contributed by atoms with Gasteiger partial charge in [-0.25, -0.2) is 4.79 Å². The number of benzene rings is 1. The van der Waals surface area contributed by atoms with Crippen molar-refractivity contribution in [1.82, 2.24) is 0 Å². The maximum absolute atomic E-state index is 11.5. The minimum absolute atomic E-state index is 0.129. The van der Waals surface area contributed by atoms with Gasteiger partial charge in [0.1, 0.15) is 12.4 Å². The summed E-state index contributed by atoms with van der Waals surface area (Å²) in [5.74, 6) is 0.178. The SMILES string of the molecule is CCCCOCCOC(=O)COc1cc(Cl)ccc1C. The third-order valence-electron chi connectivity index (χ3n) is 2.63. The fraction of sp³-hybridized carbons (Fsp3) is 0.533. The largest absolute Gasteiger partial charge is 0.482 e. The molecule has 0 heterocycles. The Hall–Kier alpha value is -1.26. The van der Waals surface area contributed by atoms with E-state index < -0.39 is 5.97 Å². The average Bonchev–Trinajstić information content (AvgIpc) is 2.43. The molecular formula is C15H21ClO4. The second kappa shape index (κ2) is 9.61. The van der Waals surface area contributed by atoms with Crippen molar-refractivity contribution < 1.29 is 19.0 Å². The first-order valence-corrected chi connectivity index (χ1v) is 7.13. The number of hydrogen-bond donors (Lipinski definition) is 0. The van der Waals surface area contributed by atoms with E-state index in [1.165, 1.54) is 0 Å². The van der Waals surface area contributed by atoms with E-state index in [4.69, 9.17) is 25.8 Å². The van der Waals surface area contributed by atoms with Crippen molar-refractivity contribution in [3.63, 3.8) is 0 Å². The van der Waals surface area contributed by atoms with Crippen LogP contribution in [-0.4, -0.2) is 32.4 Å². The zero-order valence-electron chi connectivity index (χ0n) is 12.0. The second-order valence-corrected chi connectivity index (χ2v) is 4.82. The number of carbonyl (C=O) groups excluding carboxylic acids is 1. The van der Waals surface area contributed by atoms with E-state index in [0.717, 1.165) is 18.4 Å². The summed E-state index contributed by atoms with van der Waals surface area (Å²) in [7, 11) is 0. The van der Waals surface area contributed by atoms with E-state index in [0.29, 0.717) is 24.0 Å². The lowest BCUT2D eigenvalue weighted by molar-refractivity contribution is -0.147. The van der Waals surface area contributed by atoms with Gasteiger partial charge in [-0.15, -0.1) is 0 Å². The molecule has 0 unspecified atom stereocenters. The van der Waals surface area contributed by atoms with Gasteiger partial charge in [-0.1, -0.05) is 31.0 Å². The molecule has 0 saturated heterocycles. The summed E-state index contributed by atoms with van der Waals surface area (Å²) in [6, 6.07) is 5.29. The highest BCUT2D eigenvalue weighted by Gasteiger charge is 2.06. The van der Waals surface area contributed by atoms with Crippen LogP contribution < -0.4 is 4.74 Å². The zero-order chi connectivity index (χ0) is 14.8. The number of halogens is 1. The molecule has 0 aliphatic rings. The standard InChI is InChI=1S/C15H21ClO4/c1-3-4-7-18-8-9-19-15(17)11-20-14-10-13(16)6-5-12(14)2/h5-6,10H,3-4,7-9,11H2,1-2H3. The highest BCUT2D eigenvalue weighted by molar-refractivity contribution is 6.30. The summed E-state index contributed by atoms with van der Waals surface area (Å²) in [4.78, 5) is 11.5. The van der Waals surface area contributed by atoms with Gasteiger partial charge in [-0.05, 0) is 31.0 Å². The van der Waals surface area contributed by atoms with E-state index in [-0.39, 0.29) is 13.2 Å². The van der Waals surface area contributed by atoms with E-state index in [9.17, 15) is 4.79 Å². The molecule has 1 aromatic rings. The van der Waals surface area contributed by atoms with Crippen LogP contribution in [0.25, 0.3) is 0 Å². The summed E-state index contributed by atoms with van der Waals surface area (Å²) in [6.45, 7) is 5.22. The topological polar surface area (TPSA) is 44.8 Å². The van der Waals surface area contributed by atoms with Crippen LogP contribution in [0.1, 0.15) is 25.3 Å². The molecule has 0 radical (unpaired) electrons. The van der Waals surface area contributed by atoms with Gasteiger partial charge in [0.25, 0.3) is 0 Å². The van der Waals surface area contributed by atoms with Crippen LogP contribution in [0.3, 0.4) is 0 Å². The molecule has 0 fully saturated rings. The van der Waals surface area contributed by atoms with Crippen LogP contribution >= 0.6 is 11.6 Å². The number of carbonyl (C=O) groups is 1. The smallest absolute Gasteiger partial charge is 0.344 e. The number of ether oxygens (including phenoxy) is 3. The summed E-state index contributed by atoms with van der Waals surface area (Å²) in [5.41, 5.74) is 0.921. The number of rotatable bonds is 9. The van der Waals surface area contributed by atoms with E-state index >= 15 is 0 Å². The maximum atomic E-state index is 11.5. The van der Waals surface area contributed by atoms with Crippen LogP contribution in [0, 0.1) is 6.92 Å². The van der Waals surface area contributed by atoms with Crippen molar-refractivity contribution >= 4 is 17.6 Å². The zero-order valence-corrected chi connectivity index (χ0v) is 12.7. The summed E-state index contributed by atoms with van der Waals surface area (Å²) >= 11 is 5.86. The Morgan fingerprint density at radius 3 is 2.80 bits per heavy atom. The number of unbranched alkanes of at least 4 members (excludes halogenated alkanes) is 1. The van der Waals surface area contributed by atoms with Gasteiger partial charge in [0.2, 0.25) is 0 Å². The molecule has 0 bridgehead atoms. The molecule has 0 aliphatic heterocycles. The molecule has 0 spiro atoms. The molecule has 1 aromatic carbocycles. The molecule has 0 aromatic heterocycles. The molecule has 1 rings (SSSR count). The van der Waals surface area contributed by atoms with Gasteiger partial charge >= 0.3 is 5.97 Å². The summed E-state index contributed by atoms with van der Waals surface area (Å²) in [5, 5.41) is 0.572. The lowest BCUT2D eigenvalue weighted by Crippen LogP contribution is -2.18. The van der Waals surface area contributed by atoms with E-state index in [1.807, 2.05) is 13.0 Å². The fourth-order valence-electron chi connectivity index (χ4n) is 1.47. The molecular weight excluding hydrogens is 280 g/mol. The molecule has 20 heavy (non-hydrogen) atoms. The predicted octanol–water partition coefficient (Wildman–Crippen LogP) is 3.39. The van der Waals surface area contributed by atoms with E-state index in [1.54, 1.807) is 12.1 Å². The van der Waals surface area contributed by atoms with Gasteiger partial charge in [-0.3, -0.25) is 0 Å². The molecule has 0 N–H and O–H groups in total. The fourth-order valence-corrected chi connectivity index (χ4v) is 1.63. The van der Waals surface area contributed by atoms with Crippen molar-refractivity contribution in [2.75, 3.05) is 26.4 Å². The van der Waals surface area contributed by atoms with Crippen molar-refractivity contribution in [1.29, 1.82) is 0 Å². The highest BCUT2D eigenvalue weighted by atomic mass is 35.5. The van der Waals surface area contributed by atoms with Crippen LogP contribution in [0.2, 0.25) is 5.02 Å². The average molecular weight is 301 g/mol. The van der Waals surface area contributed by atoms with E-state index in [2.05, 4.69) is 6.92 Å². The minimum atomic E-state index is -0.413. The van der Waals surface area contributed by atoms with Gasteiger partial charge in [0, 0.05) is 11.6 Å². The van der Waals surface area contributed by atoms with Gasteiger partial charge in [-0.2, -0.15) is 0 Å². The van der Waals surface area contributed by atoms with Gasteiger partial charge in [0.15, 0.2) is 6.61 Å². The Morgan fingerprint density at radius 1 is 1.25 bits per heavy atom. The molecule has 5 heteroatoms. The normalized spacial score (nSPS) is 10.3. The predicted molar refractivity (Wildman–Crippen MR) is 78.4 cm³/mol. The van der Waals surface area contributed by atoms with Crippen molar-refractivity contribution in [3.05, 3.63) is 28.8 Å². The summed E-state index contributed by atoms with van der Waals surface area (Å²) < 4.78 is 15.7. The number of aryl methyl sites for hydroxylation is 1. The van der Waals surface area contributed by atoms with Crippen LogP contribution in [0.4, 0.5) is 0 Å². The summed E-state index contributed by atoms with van der Waals surface area (Å²) in [6.07, 6.45) is 2.11. The Bertz CT molecular complexity index is 420. The Labute approximate surface area is 125 Å². The third-order valence-corrected chi connectivity index (χ3v) is 2.86. The molecule has 0 atom stereocenters. The Morgan fingerprint density at radius 2 is 2.05 bits per heavy atom. The number of esters is 1. The molecule has 112 valence electrons. The molecule has 0 saturated carbocycles. The van der Waals surface area contributed by atoms with Crippen molar-refractivity contribution in [2.24, 2.45) is 0 Å². The van der Waals surface area contributed by atoms with Crippen molar-refractivity contribution in [3.8, 4) is 5.75 Å². The Kier molecular flexibility index (Phi) is 8.07. The first-order chi connectivity index (χ1) is 9.63. The van der Waals surface area contributed by atoms with Crippen LogP contribution in [0.15, 0.2) is 18.2 Å². The monoisotopic (exact) mass is 300 g/mol. The third kappa shape index (κ3) is 6.78. The lowest BCUT2D eigenvalue weighted by Gasteiger charge is -2.09. The lowest BCUT2D eigenvalue weighted by atomic mass is 10.2. The molecule has 0 aliphatic carbocycles. The van der Waals surface area contributed by atoms with Crippen LogP contribution in [-0.2, 0) is 14.3 Å². The van der Waals surface area contributed by atoms with Crippen molar-refractivity contribution in [2.45, 2.75) is 26.7 Å². The first kappa shape index (κ1) is 16.8. The number of hydrogen-bond acceptors (Lipinski definition) is 4. The van der Waals surface area contributed by atoms with Gasteiger partial charge < -0.3 is 14.2 Å². The quantitative estimate of drug-likeness (QED) is 0.518. The maximum Gasteiger partial charge on any atom is 0.344 e. The van der Waals surface area contributed by atoms with Gasteiger partial charge in [0.05, 0.1) is 6.61 Å².